The van der Waals surface area contributed by atoms with Crippen molar-refractivity contribution in [3.63, 3.8) is 0 Å². The van der Waals surface area contributed by atoms with Crippen LogP contribution in [0.4, 0.5) is 10.1 Å². The molecule has 0 saturated carbocycles. The Morgan fingerprint density at radius 3 is 2.29 bits per heavy atom. The van der Waals surface area contributed by atoms with E-state index >= 15 is 0 Å². The first kappa shape index (κ1) is 17.1. The van der Waals surface area contributed by atoms with Gasteiger partial charge in [0.2, 0.25) is 5.91 Å². The number of benzene rings is 2. The second-order valence-corrected chi connectivity index (χ2v) is 4.96. The number of carbonyl (C=O) groups excluding carboxylic acids is 3. The maximum atomic E-state index is 13.5. The van der Waals surface area contributed by atoms with Gasteiger partial charge in [0.15, 0.2) is 6.10 Å². The summed E-state index contributed by atoms with van der Waals surface area (Å²) in [6.45, 7) is 1.37. The maximum Gasteiger partial charge on any atom is 0.341 e. The van der Waals surface area contributed by atoms with E-state index in [0.717, 1.165) is 6.07 Å². The van der Waals surface area contributed by atoms with E-state index < -0.39 is 29.7 Å². The molecule has 2 amide bonds. The molecule has 0 fully saturated rings. The molecular weight excluding hydrogens is 315 g/mol. The molecule has 0 heterocycles. The smallest absolute Gasteiger partial charge is 0.341 e. The number of amides is 2. The summed E-state index contributed by atoms with van der Waals surface area (Å²) in [4.78, 5) is 34.8. The Morgan fingerprint density at radius 2 is 1.71 bits per heavy atom. The minimum Gasteiger partial charge on any atom is -0.449 e. The van der Waals surface area contributed by atoms with Gasteiger partial charge in [-0.25, -0.2) is 9.18 Å². The molecule has 2 aromatic rings. The molecule has 2 rings (SSSR count). The van der Waals surface area contributed by atoms with Crippen LogP contribution < -0.4 is 11.1 Å². The number of nitrogens with two attached hydrogens (primary N) is 1. The fourth-order valence-electron chi connectivity index (χ4n) is 1.87. The van der Waals surface area contributed by atoms with Gasteiger partial charge in [0.25, 0.3) is 5.91 Å². The molecule has 0 saturated heterocycles. The van der Waals surface area contributed by atoms with Crippen LogP contribution in [-0.2, 0) is 9.53 Å². The van der Waals surface area contributed by atoms with Gasteiger partial charge in [-0.1, -0.05) is 12.1 Å². The molecule has 3 N–H and O–H groups in total. The van der Waals surface area contributed by atoms with Crippen molar-refractivity contribution in [1.29, 1.82) is 0 Å². The van der Waals surface area contributed by atoms with Crippen LogP contribution in [0.25, 0.3) is 0 Å². The monoisotopic (exact) mass is 330 g/mol. The van der Waals surface area contributed by atoms with Crippen LogP contribution in [0.3, 0.4) is 0 Å². The average Bonchev–Trinajstić information content (AvgIpc) is 2.55. The van der Waals surface area contributed by atoms with Crippen molar-refractivity contribution >= 4 is 23.5 Å². The molecule has 6 nitrogen and oxygen atoms in total. The third-order valence-corrected chi connectivity index (χ3v) is 3.18. The third kappa shape index (κ3) is 4.16. The lowest BCUT2D eigenvalue weighted by Gasteiger charge is -2.14. The Bertz CT molecular complexity index is 774. The van der Waals surface area contributed by atoms with Crippen molar-refractivity contribution in [3.05, 3.63) is 65.5 Å². The molecule has 0 unspecified atom stereocenters. The molecule has 0 aliphatic heterocycles. The lowest BCUT2D eigenvalue weighted by atomic mass is 10.2. The molecule has 0 bridgehead atoms. The van der Waals surface area contributed by atoms with E-state index in [9.17, 15) is 18.8 Å². The summed E-state index contributed by atoms with van der Waals surface area (Å²) in [5, 5.41) is 2.52. The minimum atomic E-state index is -1.13. The van der Waals surface area contributed by atoms with Crippen LogP contribution in [-0.4, -0.2) is 23.9 Å². The lowest BCUT2D eigenvalue weighted by Crippen LogP contribution is -2.30. The van der Waals surface area contributed by atoms with Crippen LogP contribution in [0.15, 0.2) is 48.5 Å². The van der Waals surface area contributed by atoms with Crippen LogP contribution >= 0.6 is 0 Å². The standard InChI is InChI=1S/C17H15FN2O4/c1-10(24-17(23)13-4-2-3-5-14(13)18)16(22)20-12-8-6-11(7-9-12)15(19)21/h2-10H,1H3,(H2,19,21)(H,20,22)/t10-/m0/s1. The van der Waals surface area contributed by atoms with Gasteiger partial charge in [-0.3, -0.25) is 9.59 Å². The highest BCUT2D eigenvalue weighted by Crippen LogP contribution is 2.12. The Labute approximate surface area is 137 Å². The largest absolute Gasteiger partial charge is 0.449 e. The number of ether oxygens (including phenoxy) is 1. The van der Waals surface area contributed by atoms with Crippen molar-refractivity contribution < 1.29 is 23.5 Å². The molecule has 2 aromatic carbocycles. The average molecular weight is 330 g/mol. The zero-order valence-corrected chi connectivity index (χ0v) is 12.8. The van der Waals surface area contributed by atoms with Gasteiger partial charge >= 0.3 is 5.97 Å². The number of hydrogen-bond donors (Lipinski definition) is 2. The first-order chi connectivity index (χ1) is 11.4. The summed E-state index contributed by atoms with van der Waals surface area (Å²) in [5.41, 5.74) is 5.57. The Balaban J connectivity index is 1.98. The first-order valence-corrected chi connectivity index (χ1v) is 7.04. The molecule has 0 spiro atoms. The fourth-order valence-corrected chi connectivity index (χ4v) is 1.87. The van der Waals surface area contributed by atoms with Gasteiger partial charge in [-0.05, 0) is 43.3 Å². The van der Waals surface area contributed by atoms with Crippen molar-refractivity contribution in [2.45, 2.75) is 13.0 Å². The van der Waals surface area contributed by atoms with Crippen LogP contribution in [0, 0.1) is 5.82 Å². The van der Waals surface area contributed by atoms with Crippen molar-refractivity contribution in [1.82, 2.24) is 0 Å². The first-order valence-electron chi connectivity index (χ1n) is 7.04. The molecule has 0 radical (unpaired) electrons. The van der Waals surface area contributed by atoms with Gasteiger partial charge < -0.3 is 15.8 Å². The molecular formula is C17H15FN2O4. The minimum absolute atomic E-state index is 0.247. The summed E-state index contributed by atoms with van der Waals surface area (Å²) in [6, 6.07) is 11.2. The summed E-state index contributed by atoms with van der Waals surface area (Å²) in [7, 11) is 0. The van der Waals surface area contributed by atoms with E-state index in [-0.39, 0.29) is 5.56 Å². The number of anilines is 1. The molecule has 0 aliphatic carbocycles. The highest BCUT2D eigenvalue weighted by Gasteiger charge is 2.21. The lowest BCUT2D eigenvalue weighted by molar-refractivity contribution is -0.123. The van der Waals surface area contributed by atoms with Crippen LogP contribution in [0.5, 0.6) is 0 Å². The number of hydrogen-bond acceptors (Lipinski definition) is 4. The molecule has 124 valence electrons. The van der Waals surface area contributed by atoms with Gasteiger partial charge in [0.1, 0.15) is 5.82 Å². The Kier molecular flexibility index (Phi) is 5.26. The third-order valence-electron chi connectivity index (χ3n) is 3.18. The van der Waals surface area contributed by atoms with E-state index in [4.69, 9.17) is 10.5 Å². The number of esters is 1. The summed E-state index contributed by atoms with van der Waals surface area (Å²) in [5.74, 6) is -2.83. The summed E-state index contributed by atoms with van der Waals surface area (Å²) >= 11 is 0. The topological polar surface area (TPSA) is 98.5 Å². The summed E-state index contributed by atoms with van der Waals surface area (Å²) in [6.07, 6.45) is -1.13. The van der Waals surface area contributed by atoms with Crippen molar-refractivity contribution in [3.8, 4) is 0 Å². The van der Waals surface area contributed by atoms with E-state index in [1.165, 1.54) is 49.4 Å². The highest BCUT2D eigenvalue weighted by molar-refractivity contribution is 5.98. The maximum absolute atomic E-state index is 13.5. The van der Waals surface area contributed by atoms with E-state index in [1.54, 1.807) is 0 Å². The molecule has 7 heteroatoms. The number of nitrogens with one attached hydrogen (secondary N) is 1. The fraction of sp³-hybridized carbons (Fsp3) is 0.118. The SMILES string of the molecule is C[C@H](OC(=O)c1ccccc1F)C(=O)Nc1ccc(C(N)=O)cc1. The quantitative estimate of drug-likeness (QED) is 0.820. The molecule has 0 aromatic heterocycles. The van der Waals surface area contributed by atoms with Crippen molar-refractivity contribution in [2.75, 3.05) is 5.32 Å². The van der Waals surface area contributed by atoms with Gasteiger partial charge in [-0.2, -0.15) is 0 Å². The molecule has 1 atom stereocenters. The Morgan fingerprint density at radius 1 is 1.08 bits per heavy atom. The van der Waals surface area contributed by atoms with E-state index in [0.29, 0.717) is 11.3 Å². The predicted molar refractivity (Wildman–Crippen MR) is 84.9 cm³/mol. The second kappa shape index (κ2) is 7.36. The summed E-state index contributed by atoms with van der Waals surface area (Å²) < 4.78 is 18.5. The predicted octanol–water partition coefficient (Wildman–Crippen LogP) is 2.11. The highest BCUT2D eigenvalue weighted by atomic mass is 19.1. The van der Waals surface area contributed by atoms with Gasteiger partial charge in [-0.15, -0.1) is 0 Å². The molecule has 24 heavy (non-hydrogen) atoms. The normalized spacial score (nSPS) is 11.4. The zero-order valence-electron chi connectivity index (χ0n) is 12.8. The van der Waals surface area contributed by atoms with Gasteiger partial charge in [0.05, 0.1) is 5.56 Å². The Hall–Kier alpha value is -3.22. The van der Waals surface area contributed by atoms with Crippen LogP contribution in [0.1, 0.15) is 27.6 Å². The van der Waals surface area contributed by atoms with E-state index in [1.807, 2.05) is 0 Å². The van der Waals surface area contributed by atoms with Crippen molar-refractivity contribution in [2.24, 2.45) is 5.73 Å². The van der Waals surface area contributed by atoms with Gasteiger partial charge in [0, 0.05) is 11.3 Å². The molecule has 0 aliphatic rings. The second-order valence-electron chi connectivity index (χ2n) is 4.96. The number of halogens is 1. The van der Waals surface area contributed by atoms with Crippen LogP contribution in [0.2, 0.25) is 0 Å². The van der Waals surface area contributed by atoms with E-state index in [2.05, 4.69) is 5.32 Å². The number of carbonyl (C=O) groups is 3. The zero-order chi connectivity index (χ0) is 17.7. The number of primary amides is 1. The number of rotatable bonds is 5.